The van der Waals surface area contributed by atoms with Gasteiger partial charge in [0.15, 0.2) is 0 Å². The highest BCUT2D eigenvalue weighted by Crippen LogP contribution is 2.32. The minimum Gasteiger partial charge on any atom is -0.198 e. The molecule has 0 amide bonds. The lowest BCUT2D eigenvalue weighted by molar-refractivity contribution is 1.30. The van der Waals surface area contributed by atoms with Gasteiger partial charge in [0.25, 0.3) is 0 Å². The third-order valence-electron chi connectivity index (χ3n) is 0.999. The summed E-state index contributed by atoms with van der Waals surface area (Å²) in [4.78, 5) is 1.08. The van der Waals surface area contributed by atoms with E-state index in [2.05, 4.69) is 37.9 Å². The SMILES string of the molecule is N#CCc1scc(Br)c1Br. The Kier molecular flexibility index (Phi) is 2.90. The van der Waals surface area contributed by atoms with E-state index in [9.17, 15) is 0 Å². The van der Waals surface area contributed by atoms with Gasteiger partial charge in [0.05, 0.1) is 12.5 Å². The van der Waals surface area contributed by atoms with Crippen LogP contribution >= 0.6 is 43.2 Å². The van der Waals surface area contributed by atoms with Crippen molar-refractivity contribution in [1.82, 2.24) is 0 Å². The molecule has 10 heavy (non-hydrogen) atoms. The molecule has 1 heterocycles. The molecular weight excluding hydrogens is 278 g/mol. The molecule has 4 heteroatoms. The molecule has 0 spiro atoms. The maximum atomic E-state index is 8.37. The van der Waals surface area contributed by atoms with E-state index >= 15 is 0 Å². The summed E-state index contributed by atoms with van der Waals surface area (Å²) in [5, 5.41) is 10.3. The second-order valence-electron chi connectivity index (χ2n) is 1.66. The van der Waals surface area contributed by atoms with Crippen LogP contribution in [0.3, 0.4) is 0 Å². The van der Waals surface area contributed by atoms with Gasteiger partial charge in [0.2, 0.25) is 0 Å². The molecule has 1 aromatic heterocycles. The molecule has 0 atom stereocenters. The van der Waals surface area contributed by atoms with Crippen molar-refractivity contribution in [3.8, 4) is 6.07 Å². The second-order valence-corrected chi connectivity index (χ2v) is 4.27. The monoisotopic (exact) mass is 279 g/mol. The first-order chi connectivity index (χ1) is 4.75. The lowest BCUT2D eigenvalue weighted by Gasteiger charge is -1.86. The number of hydrogen-bond acceptors (Lipinski definition) is 2. The van der Waals surface area contributed by atoms with E-state index in [0.29, 0.717) is 6.42 Å². The van der Waals surface area contributed by atoms with E-state index in [0.717, 1.165) is 13.8 Å². The minimum absolute atomic E-state index is 0.483. The molecule has 0 aliphatic heterocycles. The second kappa shape index (κ2) is 3.51. The van der Waals surface area contributed by atoms with E-state index < -0.39 is 0 Å². The van der Waals surface area contributed by atoms with Gasteiger partial charge in [-0.05, 0) is 31.9 Å². The molecule has 52 valence electrons. The largest absolute Gasteiger partial charge is 0.198 e. The van der Waals surface area contributed by atoms with E-state index in [1.54, 1.807) is 11.3 Å². The van der Waals surface area contributed by atoms with Crippen molar-refractivity contribution in [1.29, 1.82) is 5.26 Å². The molecule has 1 aromatic rings. The summed E-state index contributed by atoms with van der Waals surface area (Å²) in [6.45, 7) is 0. The van der Waals surface area contributed by atoms with Crippen LogP contribution < -0.4 is 0 Å². The summed E-state index contributed by atoms with van der Waals surface area (Å²) in [6.07, 6.45) is 0.483. The van der Waals surface area contributed by atoms with Crippen molar-refractivity contribution in [2.24, 2.45) is 0 Å². The van der Waals surface area contributed by atoms with Crippen LogP contribution in [0.1, 0.15) is 4.88 Å². The van der Waals surface area contributed by atoms with Crippen LogP contribution in [0.4, 0.5) is 0 Å². The van der Waals surface area contributed by atoms with Gasteiger partial charge >= 0.3 is 0 Å². The summed E-state index contributed by atoms with van der Waals surface area (Å²) in [7, 11) is 0. The Labute approximate surface area is 79.9 Å². The standard InChI is InChI=1S/C6H3Br2NS/c7-4-3-10-5(1-2-9)6(4)8/h3H,1H2. The van der Waals surface area contributed by atoms with Crippen LogP contribution in [0.5, 0.6) is 0 Å². The summed E-state index contributed by atoms with van der Waals surface area (Å²) >= 11 is 8.29. The molecule has 0 unspecified atom stereocenters. The van der Waals surface area contributed by atoms with Gasteiger partial charge in [-0.25, -0.2) is 0 Å². The number of nitriles is 1. The Morgan fingerprint density at radius 1 is 1.60 bits per heavy atom. The molecule has 0 aromatic carbocycles. The van der Waals surface area contributed by atoms with Crippen LogP contribution in [0, 0.1) is 11.3 Å². The first-order valence-corrected chi connectivity index (χ1v) is 5.00. The van der Waals surface area contributed by atoms with Gasteiger partial charge in [-0.1, -0.05) is 0 Å². The normalized spacial score (nSPS) is 9.30. The smallest absolute Gasteiger partial charge is 0.0707 e. The van der Waals surface area contributed by atoms with Crippen LogP contribution in [-0.4, -0.2) is 0 Å². The van der Waals surface area contributed by atoms with E-state index in [-0.39, 0.29) is 0 Å². The molecular formula is C6H3Br2NS. The summed E-state index contributed by atoms with van der Waals surface area (Å²) in [5.41, 5.74) is 0. The number of halogens is 2. The average Bonchev–Trinajstić information content (AvgIpc) is 2.20. The quantitative estimate of drug-likeness (QED) is 0.774. The summed E-state index contributed by atoms with van der Waals surface area (Å²) in [6, 6.07) is 2.10. The van der Waals surface area contributed by atoms with Gasteiger partial charge in [0, 0.05) is 19.2 Å². The van der Waals surface area contributed by atoms with Gasteiger partial charge < -0.3 is 0 Å². The minimum atomic E-state index is 0.483. The molecule has 0 aliphatic carbocycles. The van der Waals surface area contributed by atoms with E-state index in [4.69, 9.17) is 5.26 Å². The predicted molar refractivity (Wildman–Crippen MR) is 49.0 cm³/mol. The van der Waals surface area contributed by atoms with Gasteiger partial charge in [-0.3, -0.25) is 0 Å². The number of nitrogens with zero attached hydrogens (tertiary/aromatic N) is 1. The summed E-state index contributed by atoms with van der Waals surface area (Å²) < 4.78 is 2.04. The highest BCUT2D eigenvalue weighted by atomic mass is 79.9. The van der Waals surface area contributed by atoms with Gasteiger partial charge in [-0.2, -0.15) is 5.26 Å². The molecule has 0 saturated heterocycles. The Morgan fingerprint density at radius 2 is 2.30 bits per heavy atom. The average molecular weight is 281 g/mol. The van der Waals surface area contributed by atoms with Crippen LogP contribution in [0.15, 0.2) is 14.3 Å². The van der Waals surface area contributed by atoms with Crippen molar-refractivity contribution in [2.45, 2.75) is 6.42 Å². The third kappa shape index (κ3) is 1.60. The number of hydrogen-bond donors (Lipinski definition) is 0. The van der Waals surface area contributed by atoms with Gasteiger partial charge in [-0.15, -0.1) is 11.3 Å². The fraction of sp³-hybridized carbons (Fsp3) is 0.167. The molecule has 0 N–H and O–H groups in total. The Bertz CT molecular complexity index is 274. The first kappa shape index (κ1) is 8.25. The molecule has 1 nitrogen and oxygen atoms in total. The number of rotatable bonds is 1. The van der Waals surface area contributed by atoms with Crippen LogP contribution in [0.2, 0.25) is 0 Å². The molecule has 0 aliphatic rings. The van der Waals surface area contributed by atoms with E-state index in [1.165, 1.54) is 0 Å². The first-order valence-electron chi connectivity index (χ1n) is 2.54. The lowest BCUT2D eigenvalue weighted by atomic mass is 10.4. The number of thiophene rings is 1. The molecule has 0 bridgehead atoms. The zero-order valence-corrected chi connectivity index (χ0v) is 8.88. The lowest BCUT2D eigenvalue weighted by Crippen LogP contribution is -1.73. The fourth-order valence-corrected chi connectivity index (χ4v) is 2.61. The topological polar surface area (TPSA) is 23.8 Å². The zero-order chi connectivity index (χ0) is 7.56. The maximum absolute atomic E-state index is 8.37. The Balaban J connectivity index is 2.96. The van der Waals surface area contributed by atoms with Crippen molar-refractivity contribution >= 4 is 43.2 Å². The maximum Gasteiger partial charge on any atom is 0.0707 e. The van der Waals surface area contributed by atoms with Crippen molar-refractivity contribution < 1.29 is 0 Å². The van der Waals surface area contributed by atoms with E-state index in [1.807, 2.05) is 5.38 Å². The van der Waals surface area contributed by atoms with Crippen molar-refractivity contribution in [2.75, 3.05) is 0 Å². The highest BCUT2D eigenvalue weighted by Gasteiger charge is 2.04. The van der Waals surface area contributed by atoms with Crippen LogP contribution in [0.25, 0.3) is 0 Å². The molecule has 0 radical (unpaired) electrons. The van der Waals surface area contributed by atoms with Gasteiger partial charge in [0.1, 0.15) is 0 Å². The molecule has 1 rings (SSSR count). The highest BCUT2D eigenvalue weighted by molar-refractivity contribution is 9.13. The predicted octanol–water partition coefficient (Wildman–Crippen LogP) is 3.34. The molecule has 0 saturated carbocycles. The summed E-state index contributed by atoms with van der Waals surface area (Å²) in [5.74, 6) is 0. The van der Waals surface area contributed by atoms with Crippen LogP contribution in [-0.2, 0) is 6.42 Å². The fourth-order valence-electron chi connectivity index (χ4n) is 0.551. The zero-order valence-electron chi connectivity index (χ0n) is 4.90. The molecule has 0 fully saturated rings. The Morgan fingerprint density at radius 3 is 2.70 bits per heavy atom. The third-order valence-corrected chi connectivity index (χ3v) is 4.61. The van der Waals surface area contributed by atoms with Crippen molar-refractivity contribution in [3.05, 3.63) is 19.2 Å². The Hall–Kier alpha value is 0.150. The van der Waals surface area contributed by atoms with Crippen molar-refractivity contribution in [3.63, 3.8) is 0 Å².